The number of hydrogen-bond donors (Lipinski definition) is 1. The number of ether oxygens (including phenoxy) is 1. The standard InChI is InChI=1S/C26H21BrN4O4S/c1-15-13-16(7-9-19(15)27)30-25(24(29-26(30)36)20-5-3-4-12-28-20)22-11-10-21(35-22)18-8-6-17(31(32)33)14-23(18)34-2/h3-14,24-25H,1-2H3,(H,29,36). The third kappa shape index (κ3) is 4.33. The predicted molar refractivity (Wildman–Crippen MR) is 144 cm³/mol. The molecule has 0 amide bonds. The highest BCUT2D eigenvalue weighted by Gasteiger charge is 2.42. The zero-order chi connectivity index (χ0) is 25.4. The molecule has 1 fully saturated rings. The van der Waals surface area contributed by atoms with Crippen LogP contribution in [0, 0.1) is 17.0 Å². The van der Waals surface area contributed by atoms with Gasteiger partial charge in [-0.15, -0.1) is 0 Å². The first kappa shape index (κ1) is 24.0. The molecule has 0 spiro atoms. The minimum Gasteiger partial charge on any atom is -0.496 e. The summed E-state index contributed by atoms with van der Waals surface area (Å²) in [6, 6.07) is 19.4. The van der Waals surface area contributed by atoms with E-state index in [4.69, 9.17) is 21.4 Å². The summed E-state index contributed by atoms with van der Waals surface area (Å²) in [5, 5.41) is 15.2. The average Bonchev–Trinajstić information content (AvgIpc) is 3.50. The second-order valence-corrected chi connectivity index (χ2v) is 9.51. The number of non-ortho nitro benzene ring substituents is 1. The second kappa shape index (κ2) is 9.71. The summed E-state index contributed by atoms with van der Waals surface area (Å²) in [6.07, 6.45) is 1.75. The Bertz CT molecular complexity index is 1460. The fourth-order valence-corrected chi connectivity index (χ4v) is 4.95. The van der Waals surface area contributed by atoms with Crippen molar-refractivity contribution in [3.63, 3.8) is 0 Å². The lowest BCUT2D eigenvalue weighted by atomic mass is 10.0. The number of anilines is 1. The molecule has 2 unspecified atom stereocenters. The highest BCUT2D eigenvalue weighted by atomic mass is 79.9. The topological polar surface area (TPSA) is 93.7 Å². The van der Waals surface area contributed by atoms with Crippen molar-refractivity contribution >= 4 is 44.6 Å². The number of halogens is 1. The van der Waals surface area contributed by atoms with Gasteiger partial charge in [0, 0.05) is 22.4 Å². The van der Waals surface area contributed by atoms with Crippen LogP contribution in [-0.2, 0) is 0 Å². The Morgan fingerprint density at radius 2 is 2.00 bits per heavy atom. The van der Waals surface area contributed by atoms with E-state index in [9.17, 15) is 10.1 Å². The third-order valence-electron chi connectivity index (χ3n) is 6.10. The maximum Gasteiger partial charge on any atom is 0.273 e. The lowest BCUT2D eigenvalue weighted by Gasteiger charge is -2.26. The summed E-state index contributed by atoms with van der Waals surface area (Å²) in [4.78, 5) is 17.3. The molecule has 2 aromatic heterocycles. The molecule has 182 valence electrons. The number of methoxy groups -OCH3 is 1. The van der Waals surface area contributed by atoms with Gasteiger partial charge in [-0.2, -0.15) is 0 Å². The van der Waals surface area contributed by atoms with Crippen LogP contribution in [0.1, 0.15) is 29.1 Å². The molecular weight excluding hydrogens is 544 g/mol. The normalized spacial score (nSPS) is 17.2. The fraction of sp³-hybridized carbons (Fsp3) is 0.154. The minimum absolute atomic E-state index is 0.0558. The van der Waals surface area contributed by atoms with Crippen molar-refractivity contribution in [2.75, 3.05) is 12.0 Å². The van der Waals surface area contributed by atoms with Crippen LogP contribution in [0.4, 0.5) is 11.4 Å². The average molecular weight is 565 g/mol. The summed E-state index contributed by atoms with van der Waals surface area (Å²) in [7, 11) is 1.47. The number of nitro benzene ring substituents is 1. The fourth-order valence-electron chi connectivity index (χ4n) is 4.35. The number of thiocarbonyl (C=S) groups is 1. The van der Waals surface area contributed by atoms with Crippen molar-refractivity contribution in [3.8, 4) is 17.1 Å². The van der Waals surface area contributed by atoms with Crippen LogP contribution < -0.4 is 15.0 Å². The maximum atomic E-state index is 11.2. The first-order valence-electron chi connectivity index (χ1n) is 11.1. The van der Waals surface area contributed by atoms with Crippen LogP contribution in [0.3, 0.4) is 0 Å². The van der Waals surface area contributed by atoms with Crippen molar-refractivity contribution in [1.82, 2.24) is 10.3 Å². The monoisotopic (exact) mass is 564 g/mol. The Labute approximate surface area is 221 Å². The molecule has 1 aliphatic rings. The lowest BCUT2D eigenvalue weighted by Crippen LogP contribution is -2.29. The number of pyridine rings is 1. The van der Waals surface area contributed by atoms with E-state index in [1.54, 1.807) is 12.3 Å². The van der Waals surface area contributed by atoms with E-state index in [2.05, 4.69) is 32.3 Å². The maximum absolute atomic E-state index is 11.2. The minimum atomic E-state index is -0.458. The third-order valence-corrected chi connectivity index (χ3v) is 7.30. The van der Waals surface area contributed by atoms with Gasteiger partial charge in [0.2, 0.25) is 0 Å². The van der Waals surface area contributed by atoms with E-state index in [-0.39, 0.29) is 17.8 Å². The van der Waals surface area contributed by atoms with Crippen molar-refractivity contribution in [2.24, 2.45) is 0 Å². The molecule has 36 heavy (non-hydrogen) atoms. The molecule has 10 heteroatoms. The quantitative estimate of drug-likeness (QED) is 0.161. The Kier molecular flexibility index (Phi) is 6.46. The van der Waals surface area contributed by atoms with E-state index in [0.717, 1.165) is 21.4 Å². The number of nitro groups is 1. The molecule has 0 radical (unpaired) electrons. The van der Waals surface area contributed by atoms with Crippen LogP contribution in [0.15, 0.2) is 81.8 Å². The Balaban J connectivity index is 1.60. The van der Waals surface area contributed by atoms with Crippen LogP contribution in [0.2, 0.25) is 0 Å². The number of benzene rings is 2. The summed E-state index contributed by atoms with van der Waals surface area (Å²) in [6.45, 7) is 2.03. The summed E-state index contributed by atoms with van der Waals surface area (Å²) < 4.78 is 12.8. The van der Waals surface area contributed by atoms with E-state index in [0.29, 0.717) is 27.9 Å². The SMILES string of the molecule is COc1cc([N+](=O)[O-])ccc1-c1ccc(C2C(c3ccccn3)NC(=S)N2c2ccc(Br)c(C)c2)o1. The zero-order valence-corrected chi connectivity index (χ0v) is 21.7. The van der Waals surface area contributed by atoms with Gasteiger partial charge in [-0.3, -0.25) is 15.1 Å². The molecule has 1 aliphatic heterocycles. The summed E-state index contributed by atoms with van der Waals surface area (Å²) in [5.74, 6) is 1.54. The Morgan fingerprint density at radius 1 is 1.17 bits per heavy atom. The number of rotatable bonds is 6. The molecule has 4 aromatic rings. The molecule has 5 rings (SSSR count). The number of nitrogens with one attached hydrogen (secondary N) is 1. The molecule has 2 atom stereocenters. The lowest BCUT2D eigenvalue weighted by molar-refractivity contribution is -0.384. The molecule has 8 nitrogen and oxygen atoms in total. The van der Waals surface area contributed by atoms with Crippen LogP contribution in [-0.4, -0.2) is 22.1 Å². The van der Waals surface area contributed by atoms with Gasteiger partial charge in [0.25, 0.3) is 5.69 Å². The second-order valence-electron chi connectivity index (χ2n) is 8.27. The van der Waals surface area contributed by atoms with Crippen LogP contribution in [0.5, 0.6) is 5.75 Å². The van der Waals surface area contributed by atoms with Gasteiger partial charge in [0.05, 0.1) is 35.4 Å². The first-order valence-corrected chi connectivity index (χ1v) is 12.3. The number of aryl methyl sites for hydroxylation is 1. The van der Waals surface area contributed by atoms with Gasteiger partial charge < -0.3 is 19.4 Å². The van der Waals surface area contributed by atoms with Gasteiger partial charge in [-0.1, -0.05) is 22.0 Å². The molecule has 3 heterocycles. The van der Waals surface area contributed by atoms with E-state index in [1.807, 2.05) is 54.3 Å². The molecule has 1 saturated heterocycles. The van der Waals surface area contributed by atoms with Gasteiger partial charge in [0.1, 0.15) is 23.3 Å². The molecule has 0 bridgehead atoms. The van der Waals surface area contributed by atoms with Crippen molar-refractivity contribution in [3.05, 3.63) is 105 Å². The highest BCUT2D eigenvalue weighted by molar-refractivity contribution is 9.10. The number of hydrogen-bond acceptors (Lipinski definition) is 6. The smallest absolute Gasteiger partial charge is 0.273 e. The summed E-state index contributed by atoms with van der Waals surface area (Å²) in [5.41, 5.74) is 3.38. The van der Waals surface area contributed by atoms with Gasteiger partial charge in [-0.05, 0) is 73.2 Å². The number of furan rings is 1. The molecule has 0 saturated carbocycles. The predicted octanol–water partition coefficient (Wildman–Crippen LogP) is 6.51. The van der Waals surface area contributed by atoms with Gasteiger partial charge in [0.15, 0.2) is 5.11 Å². The van der Waals surface area contributed by atoms with E-state index in [1.165, 1.54) is 19.2 Å². The van der Waals surface area contributed by atoms with Crippen LogP contribution in [0.25, 0.3) is 11.3 Å². The molecule has 0 aliphatic carbocycles. The van der Waals surface area contributed by atoms with E-state index >= 15 is 0 Å². The van der Waals surface area contributed by atoms with E-state index < -0.39 is 4.92 Å². The van der Waals surface area contributed by atoms with Crippen LogP contribution >= 0.6 is 28.1 Å². The summed E-state index contributed by atoms with van der Waals surface area (Å²) >= 11 is 9.35. The highest BCUT2D eigenvalue weighted by Crippen LogP contribution is 2.44. The molecule has 1 N–H and O–H groups in total. The van der Waals surface area contributed by atoms with Gasteiger partial charge >= 0.3 is 0 Å². The number of nitrogens with zero attached hydrogens (tertiary/aromatic N) is 3. The van der Waals surface area contributed by atoms with Crippen molar-refractivity contribution in [2.45, 2.75) is 19.0 Å². The largest absolute Gasteiger partial charge is 0.496 e. The molecular formula is C26H21BrN4O4S. The zero-order valence-electron chi connectivity index (χ0n) is 19.3. The Morgan fingerprint density at radius 3 is 2.69 bits per heavy atom. The van der Waals surface area contributed by atoms with Crippen molar-refractivity contribution < 1.29 is 14.1 Å². The Hall–Kier alpha value is -3.76. The number of aromatic nitrogens is 1. The molecule has 2 aromatic carbocycles. The van der Waals surface area contributed by atoms with Crippen molar-refractivity contribution in [1.29, 1.82) is 0 Å². The van der Waals surface area contributed by atoms with Gasteiger partial charge in [-0.25, -0.2) is 0 Å². The first-order chi connectivity index (χ1) is 17.4.